The molecule has 0 saturated carbocycles. The van der Waals surface area contributed by atoms with Crippen molar-refractivity contribution in [3.63, 3.8) is 0 Å². The summed E-state index contributed by atoms with van der Waals surface area (Å²) < 4.78 is 11.6. The number of para-hydroxylation sites is 3. The van der Waals surface area contributed by atoms with Gasteiger partial charge in [0.15, 0.2) is 5.84 Å². The van der Waals surface area contributed by atoms with Gasteiger partial charge in [-0.1, -0.05) is 146 Å². The maximum Gasteiger partial charge on any atom is 0.157 e. The highest BCUT2D eigenvalue weighted by molar-refractivity contribution is 7.26. The smallest absolute Gasteiger partial charge is 0.157 e. The lowest BCUT2D eigenvalue weighted by Crippen LogP contribution is -2.16. The van der Waals surface area contributed by atoms with E-state index in [1.165, 1.54) is 47.7 Å². The molecule has 11 aromatic rings. The first-order valence-electron chi connectivity index (χ1n) is 19.1. The SMILES string of the molecule is NC(=NC(=NCc1ccccc1)c1ccccc1)c1cccc2oc3c(-c4ccc5c(c4)sc4cccc(-n6c7ccccc7c7ccccc76)c45)cccc3c12. The van der Waals surface area contributed by atoms with Crippen molar-refractivity contribution in [1.29, 1.82) is 0 Å². The second-order valence-corrected chi connectivity index (χ2v) is 15.4. The van der Waals surface area contributed by atoms with Crippen molar-refractivity contribution in [3.8, 4) is 16.8 Å². The van der Waals surface area contributed by atoms with Gasteiger partial charge in [0.2, 0.25) is 0 Å². The quantitative estimate of drug-likeness (QED) is 0.136. The van der Waals surface area contributed by atoms with Gasteiger partial charge in [-0.25, -0.2) is 4.99 Å². The lowest BCUT2D eigenvalue weighted by Gasteiger charge is -2.10. The molecule has 0 amide bonds. The van der Waals surface area contributed by atoms with Crippen LogP contribution >= 0.6 is 11.3 Å². The minimum atomic E-state index is 0.384. The van der Waals surface area contributed by atoms with E-state index in [2.05, 4.69) is 120 Å². The van der Waals surface area contributed by atoms with E-state index < -0.39 is 0 Å². The molecule has 57 heavy (non-hydrogen) atoms. The van der Waals surface area contributed by atoms with E-state index in [1.54, 1.807) is 0 Å². The van der Waals surface area contributed by atoms with Gasteiger partial charge in [0, 0.05) is 58.4 Å². The molecule has 0 bridgehead atoms. The Morgan fingerprint density at radius 1 is 0.579 bits per heavy atom. The Balaban J connectivity index is 1.03. The fourth-order valence-corrected chi connectivity index (χ4v) is 9.50. The van der Waals surface area contributed by atoms with Gasteiger partial charge in [-0.05, 0) is 47.5 Å². The molecule has 0 aliphatic heterocycles. The molecular formula is C51H34N4OS. The van der Waals surface area contributed by atoms with E-state index >= 15 is 0 Å². The number of rotatable bonds is 6. The molecule has 0 aliphatic carbocycles. The van der Waals surface area contributed by atoms with E-state index in [0.29, 0.717) is 18.2 Å². The summed E-state index contributed by atoms with van der Waals surface area (Å²) in [4.78, 5) is 9.89. The number of thiophene rings is 1. The number of benzene rings is 8. The molecule has 270 valence electrons. The van der Waals surface area contributed by atoms with E-state index in [4.69, 9.17) is 20.1 Å². The van der Waals surface area contributed by atoms with Gasteiger partial charge in [0.1, 0.15) is 17.0 Å². The molecule has 0 atom stereocenters. The maximum atomic E-state index is 6.90. The number of amidine groups is 2. The van der Waals surface area contributed by atoms with Crippen LogP contribution in [0.5, 0.6) is 0 Å². The van der Waals surface area contributed by atoms with Crippen molar-refractivity contribution in [2.45, 2.75) is 6.54 Å². The van der Waals surface area contributed by atoms with Crippen LogP contribution in [0.2, 0.25) is 0 Å². The Morgan fingerprint density at radius 2 is 1.26 bits per heavy atom. The molecule has 11 rings (SSSR count). The van der Waals surface area contributed by atoms with E-state index in [1.807, 2.05) is 78.1 Å². The van der Waals surface area contributed by atoms with Crippen molar-refractivity contribution in [2.75, 3.05) is 0 Å². The average Bonchev–Trinajstić information content (AvgIpc) is 3.95. The van der Waals surface area contributed by atoms with Crippen LogP contribution in [0.3, 0.4) is 0 Å². The third kappa shape index (κ3) is 5.53. The molecule has 2 N–H and O–H groups in total. The third-order valence-electron chi connectivity index (χ3n) is 10.9. The third-order valence-corrected chi connectivity index (χ3v) is 12.0. The molecule has 0 fully saturated rings. The summed E-state index contributed by atoms with van der Waals surface area (Å²) >= 11 is 1.83. The number of nitrogens with zero attached hydrogens (tertiary/aromatic N) is 3. The lowest BCUT2D eigenvalue weighted by molar-refractivity contribution is 0.670. The molecule has 0 saturated heterocycles. The Morgan fingerprint density at radius 3 is 2.05 bits per heavy atom. The minimum absolute atomic E-state index is 0.384. The molecule has 5 nitrogen and oxygen atoms in total. The number of hydrogen-bond donors (Lipinski definition) is 1. The Hall–Kier alpha value is -7.28. The predicted octanol–water partition coefficient (Wildman–Crippen LogP) is 13.1. The number of aliphatic imine (C=N–C) groups is 2. The van der Waals surface area contributed by atoms with Gasteiger partial charge in [-0.2, -0.15) is 0 Å². The zero-order chi connectivity index (χ0) is 37.9. The number of nitrogens with two attached hydrogens (primary N) is 1. The van der Waals surface area contributed by atoms with Crippen molar-refractivity contribution >= 4 is 86.9 Å². The Labute approximate surface area is 332 Å². The molecular weight excluding hydrogens is 717 g/mol. The molecule has 0 aliphatic rings. The second-order valence-electron chi connectivity index (χ2n) is 14.3. The fourth-order valence-electron chi connectivity index (χ4n) is 8.33. The van der Waals surface area contributed by atoms with Crippen LogP contribution in [-0.4, -0.2) is 16.2 Å². The average molecular weight is 751 g/mol. The Bertz CT molecular complexity index is 3340. The van der Waals surface area contributed by atoms with Gasteiger partial charge in [-0.3, -0.25) is 4.99 Å². The van der Waals surface area contributed by atoms with Gasteiger partial charge in [0.05, 0.1) is 23.3 Å². The number of fused-ring (bicyclic) bond motifs is 9. The highest BCUT2D eigenvalue weighted by Crippen LogP contribution is 2.43. The van der Waals surface area contributed by atoms with E-state index in [-0.39, 0.29) is 0 Å². The van der Waals surface area contributed by atoms with Crippen LogP contribution in [-0.2, 0) is 6.54 Å². The molecule has 3 aromatic heterocycles. The minimum Gasteiger partial charge on any atom is -0.455 e. The van der Waals surface area contributed by atoms with Crippen LogP contribution in [0.15, 0.2) is 196 Å². The standard InChI is InChI=1S/C51H34N4OS/c52-50(54-51(33-16-5-2-6-17-33)53-31-32-14-3-1-4-15-32)40-22-12-26-44-47(40)39-21-11-20-35(49(39)56-44)34-28-29-38-46(30-34)57-45-27-13-25-43(48(38)45)55-41-23-9-7-18-36(41)37-19-8-10-24-42(37)55/h1-30H,31H2,(H2,52,53,54). The Kier molecular flexibility index (Phi) is 7.83. The summed E-state index contributed by atoms with van der Waals surface area (Å²) in [7, 11) is 0. The zero-order valence-electron chi connectivity index (χ0n) is 30.8. The highest BCUT2D eigenvalue weighted by atomic mass is 32.1. The van der Waals surface area contributed by atoms with Gasteiger partial charge in [-0.15, -0.1) is 11.3 Å². The van der Waals surface area contributed by atoms with Crippen LogP contribution in [0.4, 0.5) is 0 Å². The van der Waals surface area contributed by atoms with Crippen LogP contribution in [0, 0.1) is 0 Å². The molecule has 6 heteroatoms. The van der Waals surface area contributed by atoms with Crippen molar-refractivity contribution in [2.24, 2.45) is 15.7 Å². The largest absolute Gasteiger partial charge is 0.455 e. The first kappa shape index (κ1) is 33.1. The van der Waals surface area contributed by atoms with Crippen molar-refractivity contribution in [3.05, 3.63) is 199 Å². The van der Waals surface area contributed by atoms with E-state index in [0.717, 1.165) is 49.8 Å². The summed E-state index contributed by atoms with van der Waals surface area (Å²) in [5, 5.41) is 6.94. The predicted molar refractivity (Wildman–Crippen MR) is 240 cm³/mol. The second kappa shape index (κ2) is 13.5. The number of furan rings is 1. The lowest BCUT2D eigenvalue weighted by atomic mass is 9.99. The maximum absolute atomic E-state index is 6.90. The topological polar surface area (TPSA) is 68.8 Å². The van der Waals surface area contributed by atoms with Crippen molar-refractivity contribution < 1.29 is 4.42 Å². The summed E-state index contributed by atoms with van der Waals surface area (Å²) in [6.07, 6.45) is 0. The summed E-state index contributed by atoms with van der Waals surface area (Å²) in [5.41, 5.74) is 17.0. The number of aromatic nitrogens is 1. The molecule has 0 spiro atoms. The monoisotopic (exact) mass is 750 g/mol. The molecule has 8 aromatic carbocycles. The first-order valence-corrected chi connectivity index (χ1v) is 19.9. The summed E-state index contributed by atoms with van der Waals surface area (Å²) in [6.45, 7) is 0.496. The summed E-state index contributed by atoms with van der Waals surface area (Å²) in [5.74, 6) is 0.968. The normalized spacial score (nSPS) is 12.6. The van der Waals surface area contributed by atoms with E-state index in [9.17, 15) is 0 Å². The molecule has 0 radical (unpaired) electrons. The number of hydrogen-bond acceptors (Lipinski definition) is 3. The highest BCUT2D eigenvalue weighted by Gasteiger charge is 2.20. The van der Waals surface area contributed by atoms with Gasteiger partial charge >= 0.3 is 0 Å². The first-order chi connectivity index (χ1) is 28.2. The zero-order valence-corrected chi connectivity index (χ0v) is 31.6. The van der Waals surface area contributed by atoms with Crippen LogP contribution in [0.25, 0.3) is 80.7 Å². The van der Waals surface area contributed by atoms with Crippen LogP contribution in [0.1, 0.15) is 16.7 Å². The molecule has 0 unspecified atom stereocenters. The van der Waals surface area contributed by atoms with Crippen LogP contribution < -0.4 is 5.73 Å². The van der Waals surface area contributed by atoms with Crippen molar-refractivity contribution in [1.82, 2.24) is 4.57 Å². The van der Waals surface area contributed by atoms with Gasteiger partial charge < -0.3 is 14.7 Å². The fraction of sp³-hybridized carbons (Fsp3) is 0.0196. The summed E-state index contributed by atoms with van der Waals surface area (Å²) in [6, 6.07) is 63.4. The van der Waals surface area contributed by atoms with Gasteiger partial charge in [0.25, 0.3) is 0 Å². The molecule has 3 heterocycles.